The van der Waals surface area contributed by atoms with E-state index >= 15 is 0 Å². The van der Waals surface area contributed by atoms with Crippen LogP contribution in [-0.2, 0) is 24.2 Å². The molecule has 2 aliphatic rings. The molecule has 1 aromatic rings. The van der Waals surface area contributed by atoms with Crippen molar-refractivity contribution in [2.75, 3.05) is 12.4 Å². The van der Waals surface area contributed by atoms with Crippen molar-refractivity contribution in [3.63, 3.8) is 0 Å². The first-order valence-corrected chi connectivity index (χ1v) is 11.6. The maximum atomic E-state index is 12.4. The Morgan fingerprint density at radius 3 is 2.59 bits per heavy atom. The lowest BCUT2D eigenvalue weighted by atomic mass is 9.84. The molecular formula is C19H23NO5S2. The lowest BCUT2D eigenvalue weighted by molar-refractivity contribution is -0.139. The molecule has 1 aliphatic heterocycles. The molecule has 27 heavy (non-hydrogen) atoms. The van der Waals surface area contributed by atoms with Gasteiger partial charge in [-0.2, -0.15) is 0 Å². The molecule has 146 valence electrons. The fourth-order valence-corrected chi connectivity index (χ4v) is 6.26. The van der Waals surface area contributed by atoms with Gasteiger partial charge < -0.3 is 10.1 Å². The third-order valence-corrected chi connectivity index (χ3v) is 7.82. The van der Waals surface area contributed by atoms with E-state index in [0.717, 1.165) is 25.7 Å². The van der Waals surface area contributed by atoms with E-state index in [1.807, 2.05) is 0 Å². The molecule has 1 fully saturated rings. The third-order valence-electron chi connectivity index (χ3n) is 4.76. The first-order valence-electron chi connectivity index (χ1n) is 9.08. The summed E-state index contributed by atoms with van der Waals surface area (Å²) in [5.74, 6) is -1.65. The van der Waals surface area contributed by atoms with Crippen molar-refractivity contribution in [2.24, 2.45) is 5.92 Å². The molecule has 6 nitrogen and oxygen atoms in total. The number of amides is 1. The number of hydrogen-bond donors (Lipinski definition) is 1. The van der Waals surface area contributed by atoms with E-state index in [1.165, 1.54) is 23.9 Å². The highest BCUT2D eigenvalue weighted by atomic mass is 32.2. The summed E-state index contributed by atoms with van der Waals surface area (Å²) >= 11 is 1.46. The Balaban J connectivity index is 1.78. The second-order valence-corrected chi connectivity index (χ2v) is 9.87. The van der Waals surface area contributed by atoms with Gasteiger partial charge >= 0.3 is 5.97 Å². The van der Waals surface area contributed by atoms with Gasteiger partial charge in [-0.15, -0.1) is 11.8 Å². The largest absolute Gasteiger partial charge is 0.463 e. The quantitative estimate of drug-likeness (QED) is 0.727. The van der Waals surface area contributed by atoms with Crippen molar-refractivity contribution in [2.45, 2.75) is 42.8 Å². The van der Waals surface area contributed by atoms with Crippen LogP contribution in [0.3, 0.4) is 0 Å². The van der Waals surface area contributed by atoms with Crippen LogP contribution in [0.5, 0.6) is 0 Å². The van der Waals surface area contributed by atoms with Crippen molar-refractivity contribution < 1.29 is 22.7 Å². The first-order chi connectivity index (χ1) is 12.9. The average molecular weight is 410 g/mol. The summed E-state index contributed by atoms with van der Waals surface area (Å²) in [7, 11) is -3.74. The number of hydrogen-bond acceptors (Lipinski definition) is 6. The zero-order chi connectivity index (χ0) is 19.4. The molecule has 8 heteroatoms. The lowest BCUT2D eigenvalue weighted by Gasteiger charge is -2.25. The van der Waals surface area contributed by atoms with Gasteiger partial charge in [0.2, 0.25) is 5.91 Å². The van der Waals surface area contributed by atoms with Crippen LogP contribution in [0.25, 0.3) is 0 Å². The van der Waals surface area contributed by atoms with E-state index in [4.69, 9.17) is 4.74 Å². The monoisotopic (exact) mass is 409 g/mol. The Hall–Kier alpha value is -1.80. The minimum Gasteiger partial charge on any atom is -0.463 e. The molecule has 2 atom stereocenters. The molecule has 0 spiro atoms. The number of rotatable bonds is 6. The normalized spacial score (nSPS) is 22.3. The highest BCUT2D eigenvalue weighted by Gasteiger charge is 2.41. The summed E-state index contributed by atoms with van der Waals surface area (Å²) in [6.45, 7) is 2.00. The van der Waals surface area contributed by atoms with E-state index in [0.29, 0.717) is 10.6 Å². The summed E-state index contributed by atoms with van der Waals surface area (Å²) in [6, 6.07) is 7.87. The zero-order valence-corrected chi connectivity index (χ0v) is 16.8. The van der Waals surface area contributed by atoms with Crippen LogP contribution in [-0.4, -0.2) is 37.9 Å². The second kappa shape index (κ2) is 8.48. The second-order valence-electron chi connectivity index (χ2n) is 6.63. The van der Waals surface area contributed by atoms with Gasteiger partial charge in [0.05, 0.1) is 22.1 Å². The third kappa shape index (κ3) is 4.55. The lowest BCUT2D eigenvalue weighted by Crippen LogP contribution is -2.30. The number of sulfone groups is 1. The smallest absolute Gasteiger partial charge is 0.336 e. The first kappa shape index (κ1) is 19.9. The number of fused-ring (bicyclic) bond motifs is 1. The minimum atomic E-state index is -3.74. The molecule has 1 N–H and O–H groups in total. The van der Waals surface area contributed by atoms with Crippen LogP contribution in [0.1, 0.15) is 32.6 Å². The van der Waals surface area contributed by atoms with Gasteiger partial charge in [0.15, 0.2) is 9.84 Å². The summed E-state index contributed by atoms with van der Waals surface area (Å²) in [6.07, 6.45) is 3.98. The highest BCUT2D eigenvalue weighted by molar-refractivity contribution is 8.04. The molecule has 1 aliphatic carbocycles. The number of nitrogens with one attached hydrogen (secondary N) is 1. The number of esters is 1. The number of thioether (sulfide) groups is 1. The summed E-state index contributed by atoms with van der Waals surface area (Å²) in [5, 5.41) is 3.37. The number of ether oxygens (including phenoxy) is 1. The molecule has 3 rings (SSSR count). The Bertz CT molecular complexity index is 848. The van der Waals surface area contributed by atoms with Crippen molar-refractivity contribution in [1.29, 1.82) is 0 Å². The summed E-state index contributed by atoms with van der Waals surface area (Å²) < 4.78 is 30.0. The molecule has 0 radical (unpaired) electrons. The van der Waals surface area contributed by atoms with Gasteiger partial charge in [-0.3, -0.25) is 4.79 Å². The Labute approximate surface area is 163 Å². The predicted octanol–water partition coefficient (Wildman–Crippen LogP) is 2.66. The molecule has 0 unspecified atom stereocenters. The van der Waals surface area contributed by atoms with Gasteiger partial charge in [0.25, 0.3) is 0 Å². The molecule has 1 amide bonds. The summed E-state index contributed by atoms with van der Waals surface area (Å²) in [4.78, 5) is 25.0. The van der Waals surface area contributed by atoms with Crippen LogP contribution in [0.15, 0.2) is 45.8 Å². The highest BCUT2D eigenvalue weighted by Crippen LogP contribution is 2.48. The minimum absolute atomic E-state index is 0.0591. The zero-order valence-electron chi connectivity index (χ0n) is 15.1. The topological polar surface area (TPSA) is 89.5 Å². The van der Waals surface area contributed by atoms with Crippen LogP contribution in [0.4, 0.5) is 0 Å². The SMILES string of the molecule is CCOC(=O)C1=C(NC(=O)CS(=O)(=O)c2ccccc2)S[C@@H]2CCCC[C@H]12. The van der Waals surface area contributed by atoms with E-state index in [-0.39, 0.29) is 22.7 Å². The van der Waals surface area contributed by atoms with Crippen molar-refractivity contribution in [3.8, 4) is 0 Å². The predicted molar refractivity (Wildman–Crippen MR) is 104 cm³/mol. The molecule has 1 aromatic carbocycles. The average Bonchev–Trinajstić information content (AvgIpc) is 2.99. The van der Waals surface area contributed by atoms with E-state index in [1.54, 1.807) is 25.1 Å². The van der Waals surface area contributed by atoms with Crippen LogP contribution >= 0.6 is 11.8 Å². The molecule has 0 aromatic heterocycles. The Morgan fingerprint density at radius 2 is 1.89 bits per heavy atom. The fourth-order valence-electron chi connectivity index (χ4n) is 3.55. The summed E-state index contributed by atoms with van der Waals surface area (Å²) in [5.41, 5.74) is 0.497. The van der Waals surface area contributed by atoms with Crippen LogP contribution in [0.2, 0.25) is 0 Å². The maximum Gasteiger partial charge on any atom is 0.336 e. The number of benzene rings is 1. The van der Waals surface area contributed by atoms with Crippen molar-refractivity contribution >= 4 is 33.5 Å². The molecule has 1 saturated carbocycles. The van der Waals surface area contributed by atoms with Gasteiger partial charge in [-0.25, -0.2) is 13.2 Å². The Morgan fingerprint density at radius 1 is 1.19 bits per heavy atom. The van der Waals surface area contributed by atoms with E-state index < -0.39 is 27.5 Å². The van der Waals surface area contributed by atoms with E-state index in [2.05, 4.69) is 5.32 Å². The van der Waals surface area contributed by atoms with Crippen molar-refractivity contribution in [1.82, 2.24) is 5.32 Å². The molecule has 1 heterocycles. The number of carbonyl (C=O) groups excluding carboxylic acids is 2. The van der Waals surface area contributed by atoms with Gasteiger partial charge in [-0.05, 0) is 31.9 Å². The maximum absolute atomic E-state index is 12.4. The van der Waals surface area contributed by atoms with Gasteiger partial charge in [0.1, 0.15) is 5.75 Å². The van der Waals surface area contributed by atoms with E-state index in [9.17, 15) is 18.0 Å². The van der Waals surface area contributed by atoms with Crippen LogP contribution < -0.4 is 5.32 Å². The Kier molecular flexibility index (Phi) is 6.26. The molecule has 0 bridgehead atoms. The standard InChI is InChI=1S/C19H23NO5S2/c1-2-25-19(22)17-14-10-6-7-11-15(14)26-18(17)20-16(21)12-27(23,24)13-8-4-3-5-9-13/h3-5,8-9,14-15H,2,6-7,10-12H2,1H3,(H,20,21)/t14-,15+/m0/s1. The molecular weight excluding hydrogens is 386 g/mol. The fraction of sp³-hybridized carbons (Fsp3) is 0.474. The van der Waals surface area contributed by atoms with Crippen LogP contribution in [0, 0.1) is 5.92 Å². The molecule has 0 saturated heterocycles. The van der Waals surface area contributed by atoms with Gasteiger partial charge in [0, 0.05) is 11.2 Å². The van der Waals surface area contributed by atoms with Crippen molar-refractivity contribution in [3.05, 3.63) is 40.9 Å². The number of carbonyl (C=O) groups is 2. The van der Waals surface area contributed by atoms with Gasteiger partial charge in [-0.1, -0.05) is 31.0 Å².